The highest BCUT2D eigenvalue weighted by Gasteiger charge is 2.28. The first kappa shape index (κ1) is 25.2. The van der Waals surface area contributed by atoms with Crippen LogP contribution in [-0.4, -0.2) is 35.3 Å². The zero-order chi connectivity index (χ0) is 25.7. The van der Waals surface area contributed by atoms with E-state index in [2.05, 4.69) is 29.0 Å². The summed E-state index contributed by atoms with van der Waals surface area (Å²) in [6, 6.07) is 23.7. The van der Waals surface area contributed by atoms with E-state index in [1.54, 1.807) is 12.1 Å². The summed E-state index contributed by atoms with van der Waals surface area (Å²) in [6.07, 6.45) is 1.24. The second kappa shape index (κ2) is 11.2. The van der Waals surface area contributed by atoms with E-state index in [1.165, 1.54) is 12.7 Å². The van der Waals surface area contributed by atoms with Gasteiger partial charge in [-0.2, -0.15) is 0 Å². The molecule has 0 aliphatic heterocycles. The van der Waals surface area contributed by atoms with Gasteiger partial charge in [-0.15, -0.1) is 0 Å². The van der Waals surface area contributed by atoms with E-state index in [0.717, 1.165) is 17.5 Å². The number of halogens is 1. The molecule has 4 rings (SSSR count). The van der Waals surface area contributed by atoms with Gasteiger partial charge in [0.15, 0.2) is 6.61 Å². The number of esters is 1. The zero-order valence-electron chi connectivity index (χ0n) is 20.1. The SMILES string of the molecule is CCc1c(C(=O)C(=O)Cl)c2c(OCC(=O)OC)cccc2n1Cc1ccccc1Cc1ccccc1. The molecule has 0 N–H and O–H groups in total. The molecule has 1 heterocycles. The monoisotopic (exact) mass is 503 g/mol. The lowest BCUT2D eigenvalue weighted by molar-refractivity contribution is -0.142. The first-order chi connectivity index (χ1) is 17.4. The largest absolute Gasteiger partial charge is 0.481 e. The standard InChI is InChI=1S/C29H26ClNO5/c1-3-22-27(28(33)29(30)34)26-23(14-9-15-24(26)36-18-25(32)35-2)31(22)17-21-13-8-7-12-20(21)16-19-10-5-4-6-11-19/h4-15H,3,16-18H2,1-2H3. The highest BCUT2D eigenvalue weighted by molar-refractivity contribution is 6.83. The third kappa shape index (κ3) is 5.19. The maximum atomic E-state index is 13.0. The zero-order valence-corrected chi connectivity index (χ0v) is 20.9. The van der Waals surface area contributed by atoms with Crippen molar-refractivity contribution in [1.82, 2.24) is 4.57 Å². The molecule has 0 spiro atoms. The van der Waals surface area contributed by atoms with Gasteiger partial charge in [0.05, 0.1) is 23.6 Å². The van der Waals surface area contributed by atoms with E-state index in [0.29, 0.717) is 35.3 Å². The van der Waals surface area contributed by atoms with Crippen molar-refractivity contribution in [2.45, 2.75) is 26.3 Å². The molecule has 1 aromatic heterocycles. The van der Waals surface area contributed by atoms with E-state index < -0.39 is 17.0 Å². The van der Waals surface area contributed by atoms with Crippen LogP contribution in [0.15, 0.2) is 72.8 Å². The molecule has 0 saturated carbocycles. The molecule has 0 atom stereocenters. The van der Waals surface area contributed by atoms with Crippen molar-refractivity contribution in [3.63, 3.8) is 0 Å². The van der Waals surface area contributed by atoms with Crippen LogP contribution in [0, 0.1) is 0 Å². The number of fused-ring (bicyclic) bond motifs is 1. The second-order valence-corrected chi connectivity index (χ2v) is 8.65. The Kier molecular flexibility index (Phi) is 7.86. The van der Waals surface area contributed by atoms with Gasteiger partial charge in [-0.25, -0.2) is 4.79 Å². The predicted octanol–water partition coefficient (Wildman–Crippen LogP) is 5.34. The highest BCUT2D eigenvalue weighted by Crippen LogP contribution is 2.36. The number of Topliss-reactive ketones (excluding diaryl/α,β-unsaturated/α-hetero) is 1. The highest BCUT2D eigenvalue weighted by atomic mass is 35.5. The lowest BCUT2D eigenvalue weighted by Gasteiger charge is -2.15. The van der Waals surface area contributed by atoms with Crippen LogP contribution in [0.4, 0.5) is 0 Å². The maximum Gasteiger partial charge on any atom is 0.343 e. The van der Waals surface area contributed by atoms with Crippen molar-refractivity contribution in [3.8, 4) is 5.75 Å². The van der Waals surface area contributed by atoms with Crippen LogP contribution in [0.1, 0.15) is 39.7 Å². The fourth-order valence-electron chi connectivity index (χ4n) is 4.50. The Labute approximate surface area is 214 Å². The Balaban J connectivity index is 1.86. The summed E-state index contributed by atoms with van der Waals surface area (Å²) in [5, 5.41) is -0.617. The first-order valence-corrected chi connectivity index (χ1v) is 12.0. The number of nitrogens with zero attached hydrogens (tertiary/aromatic N) is 1. The molecule has 0 radical (unpaired) electrons. The van der Waals surface area contributed by atoms with Crippen LogP contribution in [-0.2, 0) is 33.7 Å². The number of benzene rings is 3. The number of hydrogen-bond acceptors (Lipinski definition) is 5. The van der Waals surface area contributed by atoms with Crippen LogP contribution in [0.5, 0.6) is 5.75 Å². The summed E-state index contributed by atoms with van der Waals surface area (Å²) in [7, 11) is 1.27. The minimum absolute atomic E-state index is 0.202. The number of methoxy groups -OCH3 is 1. The lowest BCUT2D eigenvalue weighted by atomic mass is 9.99. The molecular formula is C29H26ClNO5. The van der Waals surface area contributed by atoms with Gasteiger partial charge in [-0.3, -0.25) is 9.59 Å². The Morgan fingerprint density at radius 1 is 0.889 bits per heavy atom. The Morgan fingerprint density at radius 3 is 2.25 bits per heavy atom. The molecule has 3 aromatic carbocycles. The minimum atomic E-state index is -1.07. The van der Waals surface area contributed by atoms with Gasteiger partial charge in [0.2, 0.25) is 5.78 Å². The Hall–Kier alpha value is -3.90. The van der Waals surface area contributed by atoms with Crippen molar-refractivity contribution in [1.29, 1.82) is 0 Å². The summed E-state index contributed by atoms with van der Waals surface area (Å²) in [6.45, 7) is 2.07. The number of aromatic nitrogens is 1. The molecule has 6 nitrogen and oxygen atoms in total. The number of carbonyl (C=O) groups excluding carboxylic acids is 3. The number of rotatable bonds is 10. The average Bonchev–Trinajstić information content (AvgIpc) is 3.22. The minimum Gasteiger partial charge on any atom is -0.481 e. The van der Waals surface area contributed by atoms with Gasteiger partial charge < -0.3 is 14.0 Å². The van der Waals surface area contributed by atoms with Gasteiger partial charge in [-0.05, 0) is 53.3 Å². The number of ketones is 1. The summed E-state index contributed by atoms with van der Waals surface area (Å²) < 4.78 is 12.4. The third-order valence-electron chi connectivity index (χ3n) is 6.16. The van der Waals surface area contributed by atoms with Crippen molar-refractivity contribution < 1.29 is 23.9 Å². The van der Waals surface area contributed by atoms with Crippen molar-refractivity contribution in [2.75, 3.05) is 13.7 Å². The number of carbonyl (C=O) groups is 3. The molecule has 36 heavy (non-hydrogen) atoms. The van der Waals surface area contributed by atoms with Gasteiger partial charge in [0, 0.05) is 12.2 Å². The van der Waals surface area contributed by atoms with Gasteiger partial charge in [-0.1, -0.05) is 67.6 Å². The van der Waals surface area contributed by atoms with E-state index in [-0.39, 0.29) is 12.2 Å². The van der Waals surface area contributed by atoms with E-state index in [1.807, 2.05) is 47.9 Å². The molecule has 0 unspecified atom stereocenters. The van der Waals surface area contributed by atoms with Gasteiger partial charge in [0.1, 0.15) is 5.75 Å². The fourth-order valence-corrected chi connectivity index (χ4v) is 4.59. The maximum absolute atomic E-state index is 13.0. The molecule has 4 aromatic rings. The Bertz CT molecular complexity index is 1420. The number of ether oxygens (including phenoxy) is 2. The molecule has 0 aliphatic rings. The molecule has 0 fully saturated rings. The molecular weight excluding hydrogens is 478 g/mol. The van der Waals surface area contributed by atoms with Crippen molar-refractivity contribution in [3.05, 3.63) is 101 Å². The lowest BCUT2D eigenvalue weighted by Crippen LogP contribution is -2.14. The van der Waals surface area contributed by atoms with Crippen LogP contribution in [0.2, 0.25) is 0 Å². The topological polar surface area (TPSA) is 74.6 Å². The van der Waals surface area contributed by atoms with Crippen LogP contribution in [0.25, 0.3) is 10.9 Å². The van der Waals surface area contributed by atoms with Crippen molar-refractivity contribution >= 4 is 39.5 Å². The third-order valence-corrected chi connectivity index (χ3v) is 6.33. The van der Waals surface area contributed by atoms with Gasteiger partial charge >= 0.3 is 5.97 Å². The van der Waals surface area contributed by atoms with Crippen LogP contribution >= 0.6 is 11.6 Å². The Morgan fingerprint density at radius 2 is 1.58 bits per heavy atom. The summed E-state index contributed by atoms with van der Waals surface area (Å²) in [4.78, 5) is 36.7. The summed E-state index contributed by atoms with van der Waals surface area (Å²) >= 11 is 5.67. The quantitative estimate of drug-likeness (QED) is 0.126. The van der Waals surface area contributed by atoms with Gasteiger partial charge in [0.25, 0.3) is 5.24 Å². The predicted molar refractivity (Wildman–Crippen MR) is 139 cm³/mol. The molecule has 184 valence electrons. The summed E-state index contributed by atoms with van der Waals surface area (Å²) in [5.41, 5.74) is 5.03. The number of hydrogen-bond donors (Lipinski definition) is 0. The summed E-state index contributed by atoms with van der Waals surface area (Å²) in [5.74, 6) is -1.05. The molecule has 0 aliphatic carbocycles. The molecule has 0 saturated heterocycles. The smallest absolute Gasteiger partial charge is 0.343 e. The molecule has 0 bridgehead atoms. The second-order valence-electron chi connectivity index (χ2n) is 8.31. The van der Waals surface area contributed by atoms with E-state index >= 15 is 0 Å². The molecule has 0 amide bonds. The molecule has 7 heteroatoms. The van der Waals surface area contributed by atoms with Crippen LogP contribution in [0.3, 0.4) is 0 Å². The van der Waals surface area contributed by atoms with E-state index in [4.69, 9.17) is 16.3 Å². The van der Waals surface area contributed by atoms with Crippen LogP contribution < -0.4 is 4.74 Å². The first-order valence-electron chi connectivity index (χ1n) is 11.6. The average molecular weight is 504 g/mol. The van der Waals surface area contributed by atoms with E-state index in [9.17, 15) is 14.4 Å². The fraction of sp³-hybridized carbons (Fsp3) is 0.207. The normalized spacial score (nSPS) is 10.9. The van der Waals surface area contributed by atoms with Crippen molar-refractivity contribution in [2.24, 2.45) is 0 Å².